The van der Waals surface area contributed by atoms with Crippen molar-refractivity contribution >= 4 is 11.5 Å². The number of oxime groups is 2. The van der Waals surface area contributed by atoms with Gasteiger partial charge in [-0.25, -0.2) is 0 Å². The largest absolute Gasteiger partial charge is 0.409 e. The van der Waals surface area contributed by atoms with E-state index in [4.69, 9.17) is 21.0 Å². The van der Waals surface area contributed by atoms with E-state index in [1.165, 1.54) is 0 Å². The summed E-state index contributed by atoms with van der Waals surface area (Å²) in [5.41, 5.74) is 4.91. The highest BCUT2D eigenvalue weighted by Gasteiger charge is 2.04. The van der Waals surface area contributed by atoms with Gasteiger partial charge in [-0.05, 0) is 12.3 Å². The van der Waals surface area contributed by atoms with Crippen molar-refractivity contribution in [3.8, 4) is 6.07 Å². The number of nitrogens with zero attached hydrogens (tertiary/aromatic N) is 3. The van der Waals surface area contributed by atoms with E-state index >= 15 is 0 Å². The van der Waals surface area contributed by atoms with Gasteiger partial charge in [0.15, 0.2) is 0 Å². The maximum Gasteiger partial charge on any atom is 0.224 e. The molecule has 0 saturated carbocycles. The number of hydrogen-bond donors (Lipinski definition) is 2. The molecule has 0 bridgehead atoms. The molecule has 0 aliphatic rings. The molecule has 6 nitrogen and oxygen atoms in total. The van der Waals surface area contributed by atoms with E-state index in [1.807, 2.05) is 13.8 Å². The molecule has 0 fully saturated rings. The van der Waals surface area contributed by atoms with Crippen LogP contribution in [0.5, 0.6) is 0 Å². The van der Waals surface area contributed by atoms with E-state index in [9.17, 15) is 0 Å². The van der Waals surface area contributed by atoms with Crippen LogP contribution in [0.4, 0.5) is 0 Å². The molecule has 0 radical (unpaired) electrons. The minimum atomic E-state index is -0.350. The van der Waals surface area contributed by atoms with Crippen LogP contribution < -0.4 is 5.73 Å². The normalized spacial score (nSPS) is 12.7. The van der Waals surface area contributed by atoms with Gasteiger partial charge in [0, 0.05) is 0 Å². The summed E-state index contributed by atoms with van der Waals surface area (Å²) in [4.78, 5) is 4.81. The highest BCUT2D eigenvalue weighted by molar-refractivity contribution is 6.46. The number of rotatable bonds is 5. The van der Waals surface area contributed by atoms with Crippen LogP contribution in [0.15, 0.2) is 10.3 Å². The van der Waals surface area contributed by atoms with Gasteiger partial charge < -0.3 is 15.8 Å². The molecule has 0 unspecified atom stereocenters. The van der Waals surface area contributed by atoms with Gasteiger partial charge in [-0.15, -0.1) is 0 Å². The average Bonchev–Trinajstić information content (AvgIpc) is 2.16. The number of amidine groups is 1. The van der Waals surface area contributed by atoms with E-state index in [-0.39, 0.29) is 11.5 Å². The predicted molar refractivity (Wildman–Crippen MR) is 51.9 cm³/mol. The molecular weight excluding hydrogens is 184 g/mol. The summed E-state index contributed by atoms with van der Waals surface area (Å²) >= 11 is 0. The van der Waals surface area contributed by atoms with Crippen molar-refractivity contribution in [3.05, 3.63) is 0 Å². The third kappa shape index (κ3) is 4.98. The van der Waals surface area contributed by atoms with E-state index < -0.39 is 0 Å². The molecule has 0 spiro atoms. The molecular formula is C8H14N4O2. The number of nitrogens with two attached hydrogens (primary N) is 1. The summed E-state index contributed by atoms with van der Waals surface area (Å²) in [5.74, 6) is 0.150. The first kappa shape index (κ1) is 12.2. The molecule has 0 amide bonds. The lowest BCUT2D eigenvalue weighted by molar-refractivity contribution is 0.133. The Morgan fingerprint density at radius 1 is 1.64 bits per heavy atom. The highest BCUT2D eigenvalue weighted by Crippen LogP contribution is 1.98. The Balaban J connectivity index is 4.03. The van der Waals surface area contributed by atoms with Crippen molar-refractivity contribution < 1.29 is 10.0 Å². The fourth-order valence-corrected chi connectivity index (χ4v) is 0.570. The van der Waals surface area contributed by atoms with Gasteiger partial charge in [0.25, 0.3) is 0 Å². The Hall–Kier alpha value is -1.77. The van der Waals surface area contributed by atoms with Crippen molar-refractivity contribution in [2.75, 3.05) is 6.61 Å². The molecule has 78 valence electrons. The summed E-state index contributed by atoms with van der Waals surface area (Å²) in [7, 11) is 0. The van der Waals surface area contributed by atoms with Gasteiger partial charge in [-0.2, -0.15) is 5.26 Å². The highest BCUT2D eigenvalue weighted by atomic mass is 16.6. The van der Waals surface area contributed by atoms with Crippen molar-refractivity contribution in [3.63, 3.8) is 0 Å². The van der Waals surface area contributed by atoms with E-state index in [0.29, 0.717) is 12.5 Å². The topological polar surface area (TPSA) is 104 Å². The van der Waals surface area contributed by atoms with E-state index in [2.05, 4.69) is 10.3 Å². The summed E-state index contributed by atoms with van der Waals surface area (Å²) in [6, 6.07) is 1.65. The quantitative estimate of drug-likeness (QED) is 0.223. The van der Waals surface area contributed by atoms with Gasteiger partial charge in [0.1, 0.15) is 12.7 Å². The van der Waals surface area contributed by atoms with Crippen molar-refractivity contribution in [2.24, 2.45) is 22.0 Å². The van der Waals surface area contributed by atoms with Crippen LogP contribution in [-0.4, -0.2) is 23.4 Å². The maximum atomic E-state index is 8.50. The molecule has 6 heteroatoms. The zero-order chi connectivity index (χ0) is 11.0. The lowest BCUT2D eigenvalue weighted by atomic mass is 10.1. The Kier molecular flexibility index (Phi) is 5.87. The molecule has 0 aromatic carbocycles. The number of nitriles is 1. The van der Waals surface area contributed by atoms with Crippen molar-refractivity contribution in [1.82, 2.24) is 0 Å². The minimum Gasteiger partial charge on any atom is -0.409 e. The van der Waals surface area contributed by atoms with Gasteiger partial charge in [-0.3, -0.25) is 0 Å². The molecule has 0 atom stereocenters. The molecule has 0 aromatic heterocycles. The average molecular weight is 198 g/mol. The molecule has 0 heterocycles. The monoisotopic (exact) mass is 198 g/mol. The first-order chi connectivity index (χ1) is 6.61. The summed E-state index contributed by atoms with van der Waals surface area (Å²) in [5, 5.41) is 22.8. The predicted octanol–water partition coefficient (Wildman–Crippen LogP) is 0.675. The maximum absolute atomic E-state index is 8.50. The van der Waals surface area contributed by atoms with Gasteiger partial charge >= 0.3 is 0 Å². The summed E-state index contributed by atoms with van der Waals surface area (Å²) < 4.78 is 0. The standard InChI is InChI=1S/C8H14N4O2/c1-6(2)3-4-14-12-7(5-9)8(10)11-13/h6,13H,3-4H2,1-2H3,(H2,10,11)/b12-7-. The fraction of sp³-hybridized carbons (Fsp3) is 0.625. The van der Waals surface area contributed by atoms with Crippen LogP contribution in [0.2, 0.25) is 0 Å². The SMILES string of the molecule is CC(C)CCO/N=C(C#N)\C(N)=N/O. The third-order valence-electron chi connectivity index (χ3n) is 1.40. The molecule has 14 heavy (non-hydrogen) atoms. The molecule has 0 aliphatic carbocycles. The second-order valence-electron chi connectivity index (χ2n) is 3.05. The fourth-order valence-electron chi connectivity index (χ4n) is 0.570. The second kappa shape index (κ2) is 6.71. The molecule has 3 N–H and O–H groups in total. The van der Waals surface area contributed by atoms with Crippen LogP contribution >= 0.6 is 0 Å². The van der Waals surface area contributed by atoms with E-state index in [1.54, 1.807) is 6.07 Å². The lowest BCUT2D eigenvalue weighted by Gasteiger charge is -2.02. The Morgan fingerprint density at radius 2 is 2.29 bits per heavy atom. The number of hydrogen-bond acceptors (Lipinski definition) is 5. The van der Waals surface area contributed by atoms with Gasteiger partial charge in [0.05, 0.1) is 0 Å². The van der Waals surface area contributed by atoms with Gasteiger partial charge in [-0.1, -0.05) is 24.2 Å². The van der Waals surface area contributed by atoms with Crippen molar-refractivity contribution in [2.45, 2.75) is 20.3 Å². The summed E-state index contributed by atoms with van der Waals surface area (Å²) in [6.07, 6.45) is 0.832. The second-order valence-corrected chi connectivity index (χ2v) is 3.05. The van der Waals surface area contributed by atoms with Crippen LogP contribution in [0.3, 0.4) is 0 Å². The summed E-state index contributed by atoms with van der Waals surface area (Å²) in [6.45, 7) is 4.49. The smallest absolute Gasteiger partial charge is 0.224 e. The molecule has 0 saturated heterocycles. The van der Waals surface area contributed by atoms with Crippen LogP contribution in [0.1, 0.15) is 20.3 Å². The Labute approximate surface area is 82.6 Å². The van der Waals surface area contributed by atoms with E-state index in [0.717, 1.165) is 6.42 Å². The zero-order valence-electron chi connectivity index (χ0n) is 8.27. The Bertz CT molecular complexity index is 265. The van der Waals surface area contributed by atoms with Gasteiger partial charge in [0.2, 0.25) is 11.5 Å². The first-order valence-corrected chi connectivity index (χ1v) is 4.19. The Morgan fingerprint density at radius 3 is 2.71 bits per heavy atom. The first-order valence-electron chi connectivity index (χ1n) is 4.19. The molecule has 0 aliphatic heterocycles. The lowest BCUT2D eigenvalue weighted by Crippen LogP contribution is -2.22. The van der Waals surface area contributed by atoms with Crippen LogP contribution in [-0.2, 0) is 4.84 Å². The minimum absolute atomic E-state index is 0.226. The van der Waals surface area contributed by atoms with Crippen molar-refractivity contribution in [1.29, 1.82) is 5.26 Å². The molecule has 0 aromatic rings. The zero-order valence-corrected chi connectivity index (χ0v) is 8.27. The van der Waals surface area contributed by atoms with Crippen LogP contribution in [0.25, 0.3) is 0 Å². The van der Waals surface area contributed by atoms with Crippen LogP contribution in [0, 0.1) is 17.2 Å². The third-order valence-corrected chi connectivity index (χ3v) is 1.40. The molecule has 0 rings (SSSR count).